The molecule has 8 unspecified atom stereocenters. The van der Waals surface area contributed by atoms with Crippen molar-refractivity contribution < 1.29 is 40.1 Å². The summed E-state index contributed by atoms with van der Waals surface area (Å²) in [5.74, 6) is 0. The van der Waals surface area contributed by atoms with Crippen molar-refractivity contribution >= 4 is 0 Å². The van der Waals surface area contributed by atoms with Gasteiger partial charge in [-0.05, 0) is 36.8 Å². The first-order chi connectivity index (χ1) is 12.5. The molecule has 6 N–H and O–H groups in total. The lowest BCUT2D eigenvalue weighted by Crippen LogP contribution is -2.60. The Kier molecular flexibility index (Phi) is 7.21. The van der Waals surface area contributed by atoms with Crippen molar-refractivity contribution in [3.05, 3.63) is 23.3 Å². The van der Waals surface area contributed by atoms with Crippen LogP contribution in [0.1, 0.15) is 34.1 Å². The lowest BCUT2D eigenvalue weighted by molar-refractivity contribution is -0.318. The highest BCUT2D eigenvalue weighted by molar-refractivity contribution is 5.36. The Morgan fingerprint density at radius 1 is 1.19 bits per heavy atom. The lowest BCUT2D eigenvalue weighted by Gasteiger charge is -2.45. The van der Waals surface area contributed by atoms with E-state index in [4.69, 9.17) is 9.47 Å². The van der Waals surface area contributed by atoms with Crippen LogP contribution in [-0.4, -0.2) is 86.3 Å². The van der Waals surface area contributed by atoms with Gasteiger partial charge in [-0.2, -0.15) is 0 Å². The summed E-state index contributed by atoms with van der Waals surface area (Å²) in [6.07, 6.45) is -5.32. The topological polar surface area (TPSA) is 140 Å². The minimum atomic E-state index is -1.53. The Balaban J connectivity index is 2.21. The van der Waals surface area contributed by atoms with Gasteiger partial charge in [0.15, 0.2) is 6.29 Å². The molecule has 2 rings (SSSR count). The highest BCUT2D eigenvalue weighted by Gasteiger charge is 2.47. The normalized spacial score (nSPS) is 41.2. The SMILES string of the molecule is CC1=C(C=CC(C)O)C(C)(C)CC(OC2OC(CO)C(O)C(O)C2O)C1O. The third-order valence-electron chi connectivity index (χ3n) is 5.36. The van der Waals surface area contributed by atoms with Gasteiger partial charge in [0.25, 0.3) is 0 Å². The standard InChI is InChI=1S/C19H32O8/c1-9(21)5-6-11-10(2)14(22)12(7-19(11,3)4)26-18-17(25)16(24)15(23)13(8-20)27-18/h5-6,9,12-18,20-25H,7-8H2,1-4H3. The lowest BCUT2D eigenvalue weighted by atomic mass is 9.70. The van der Waals surface area contributed by atoms with E-state index in [1.165, 1.54) is 0 Å². The van der Waals surface area contributed by atoms with E-state index in [-0.39, 0.29) is 5.41 Å². The predicted molar refractivity (Wildman–Crippen MR) is 96.6 cm³/mol. The van der Waals surface area contributed by atoms with E-state index >= 15 is 0 Å². The second kappa shape index (κ2) is 8.67. The summed E-state index contributed by atoms with van der Waals surface area (Å²) in [7, 11) is 0. The molecular weight excluding hydrogens is 356 g/mol. The highest BCUT2D eigenvalue weighted by Crippen LogP contribution is 2.43. The molecule has 1 heterocycles. The Morgan fingerprint density at radius 3 is 2.37 bits per heavy atom. The van der Waals surface area contributed by atoms with Gasteiger partial charge in [0.2, 0.25) is 0 Å². The maximum Gasteiger partial charge on any atom is 0.187 e. The third-order valence-corrected chi connectivity index (χ3v) is 5.36. The molecule has 0 aromatic rings. The van der Waals surface area contributed by atoms with E-state index < -0.39 is 55.6 Å². The fourth-order valence-electron chi connectivity index (χ4n) is 3.76. The van der Waals surface area contributed by atoms with Crippen LogP contribution in [0.25, 0.3) is 0 Å². The Bertz CT molecular complexity index is 568. The average Bonchev–Trinajstić information content (AvgIpc) is 2.59. The average molecular weight is 388 g/mol. The Hall–Kier alpha value is -0.840. The van der Waals surface area contributed by atoms with Crippen LogP contribution in [0.5, 0.6) is 0 Å². The van der Waals surface area contributed by atoms with Crippen molar-refractivity contribution in [3.8, 4) is 0 Å². The molecule has 8 atom stereocenters. The van der Waals surface area contributed by atoms with Crippen molar-refractivity contribution in [2.45, 2.75) is 83.1 Å². The van der Waals surface area contributed by atoms with Crippen LogP contribution < -0.4 is 0 Å². The van der Waals surface area contributed by atoms with E-state index in [1.807, 2.05) is 13.8 Å². The number of aliphatic hydroxyl groups is 6. The molecule has 156 valence electrons. The third kappa shape index (κ3) is 4.78. The van der Waals surface area contributed by atoms with Gasteiger partial charge < -0.3 is 40.1 Å². The first-order valence-corrected chi connectivity index (χ1v) is 9.21. The van der Waals surface area contributed by atoms with E-state index in [9.17, 15) is 30.6 Å². The first-order valence-electron chi connectivity index (χ1n) is 9.21. The Morgan fingerprint density at radius 2 is 1.81 bits per heavy atom. The largest absolute Gasteiger partial charge is 0.394 e. The van der Waals surface area contributed by atoms with Gasteiger partial charge in [-0.3, -0.25) is 0 Å². The van der Waals surface area contributed by atoms with Gasteiger partial charge in [0.05, 0.1) is 18.8 Å². The smallest absolute Gasteiger partial charge is 0.187 e. The molecule has 1 aliphatic carbocycles. The molecule has 0 aromatic carbocycles. The summed E-state index contributed by atoms with van der Waals surface area (Å²) in [6, 6.07) is 0. The molecule has 8 nitrogen and oxygen atoms in total. The molecule has 0 spiro atoms. The monoisotopic (exact) mass is 388 g/mol. The molecule has 2 aliphatic rings. The molecule has 0 saturated carbocycles. The zero-order valence-electron chi connectivity index (χ0n) is 16.2. The molecular formula is C19H32O8. The summed E-state index contributed by atoms with van der Waals surface area (Å²) in [5.41, 5.74) is 1.19. The van der Waals surface area contributed by atoms with Gasteiger partial charge in [-0.1, -0.05) is 26.0 Å². The van der Waals surface area contributed by atoms with Crippen molar-refractivity contribution in [1.29, 1.82) is 0 Å². The van der Waals surface area contributed by atoms with Gasteiger partial charge in [-0.25, -0.2) is 0 Å². The molecule has 27 heavy (non-hydrogen) atoms. The molecule has 0 radical (unpaired) electrons. The van der Waals surface area contributed by atoms with Crippen molar-refractivity contribution in [2.75, 3.05) is 6.61 Å². The number of rotatable bonds is 5. The van der Waals surface area contributed by atoms with Crippen molar-refractivity contribution in [2.24, 2.45) is 5.41 Å². The van der Waals surface area contributed by atoms with E-state index in [1.54, 1.807) is 26.0 Å². The van der Waals surface area contributed by atoms with Crippen LogP contribution in [0.2, 0.25) is 0 Å². The maximum atomic E-state index is 10.7. The summed E-state index contributed by atoms with van der Waals surface area (Å²) >= 11 is 0. The summed E-state index contributed by atoms with van der Waals surface area (Å²) in [5, 5.41) is 59.4. The van der Waals surface area contributed by atoms with Gasteiger partial charge >= 0.3 is 0 Å². The van der Waals surface area contributed by atoms with Gasteiger partial charge in [0, 0.05) is 0 Å². The quantitative estimate of drug-likeness (QED) is 0.360. The zero-order valence-corrected chi connectivity index (χ0v) is 16.2. The molecule has 0 amide bonds. The summed E-state index contributed by atoms with van der Waals surface area (Å²) < 4.78 is 11.2. The second-order valence-electron chi connectivity index (χ2n) is 8.10. The van der Waals surface area contributed by atoms with Crippen LogP contribution in [0.15, 0.2) is 23.3 Å². The maximum absolute atomic E-state index is 10.7. The van der Waals surface area contributed by atoms with E-state index in [0.29, 0.717) is 12.0 Å². The number of ether oxygens (including phenoxy) is 2. The van der Waals surface area contributed by atoms with E-state index in [2.05, 4.69) is 0 Å². The van der Waals surface area contributed by atoms with Gasteiger partial charge in [0.1, 0.15) is 30.5 Å². The summed E-state index contributed by atoms with van der Waals surface area (Å²) in [4.78, 5) is 0. The van der Waals surface area contributed by atoms with Crippen LogP contribution in [0, 0.1) is 5.41 Å². The minimum Gasteiger partial charge on any atom is -0.394 e. The molecule has 1 fully saturated rings. The minimum absolute atomic E-state index is 0.381. The fourth-order valence-corrected chi connectivity index (χ4v) is 3.76. The van der Waals surface area contributed by atoms with Crippen LogP contribution in [0.4, 0.5) is 0 Å². The van der Waals surface area contributed by atoms with E-state index in [0.717, 1.165) is 5.57 Å². The number of hydrogen-bond donors (Lipinski definition) is 6. The molecule has 1 saturated heterocycles. The van der Waals surface area contributed by atoms with Crippen LogP contribution in [-0.2, 0) is 9.47 Å². The van der Waals surface area contributed by atoms with Crippen LogP contribution in [0.3, 0.4) is 0 Å². The number of aliphatic hydroxyl groups excluding tert-OH is 6. The second-order valence-corrected chi connectivity index (χ2v) is 8.10. The fraction of sp³-hybridized carbons (Fsp3) is 0.789. The number of allylic oxidation sites excluding steroid dienone is 2. The van der Waals surface area contributed by atoms with Crippen molar-refractivity contribution in [3.63, 3.8) is 0 Å². The van der Waals surface area contributed by atoms with Crippen LogP contribution >= 0.6 is 0 Å². The first kappa shape index (κ1) is 22.4. The highest BCUT2D eigenvalue weighted by atomic mass is 16.7. The van der Waals surface area contributed by atoms with Gasteiger partial charge in [-0.15, -0.1) is 0 Å². The predicted octanol–water partition coefficient (Wildman–Crippen LogP) is -0.784. The molecule has 0 bridgehead atoms. The molecule has 0 aromatic heterocycles. The van der Waals surface area contributed by atoms with Crippen molar-refractivity contribution in [1.82, 2.24) is 0 Å². The summed E-state index contributed by atoms with van der Waals surface area (Å²) in [6.45, 7) is 6.83. The number of hydrogen-bond acceptors (Lipinski definition) is 8. The Labute approximate surface area is 159 Å². The molecule has 1 aliphatic heterocycles. The zero-order chi connectivity index (χ0) is 20.5. The molecule has 8 heteroatoms.